The summed E-state index contributed by atoms with van der Waals surface area (Å²) in [6, 6.07) is 0.120. The SMILES string of the molecule is CCNC(=S)NNC1=CC(=O)C=[N+](C)C1C. The average molecular weight is 241 g/mol. The van der Waals surface area contributed by atoms with Gasteiger partial charge in [-0.05, 0) is 19.1 Å². The molecule has 1 atom stereocenters. The zero-order valence-electron chi connectivity index (χ0n) is 9.70. The zero-order chi connectivity index (χ0) is 12.1. The van der Waals surface area contributed by atoms with E-state index in [2.05, 4.69) is 16.2 Å². The molecule has 0 aromatic rings. The maximum absolute atomic E-state index is 11.3. The summed E-state index contributed by atoms with van der Waals surface area (Å²) in [5.41, 5.74) is 6.58. The molecule has 5 nitrogen and oxygen atoms in total. The van der Waals surface area contributed by atoms with Gasteiger partial charge >= 0.3 is 0 Å². The number of rotatable bonds is 3. The first-order valence-corrected chi connectivity index (χ1v) is 5.57. The number of allylic oxidation sites excluding steroid dienone is 1. The van der Waals surface area contributed by atoms with Crippen molar-refractivity contribution in [3.8, 4) is 0 Å². The van der Waals surface area contributed by atoms with E-state index in [4.69, 9.17) is 12.2 Å². The van der Waals surface area contributed by atoms with Crippen LogP contribution in [0, 0.1) is 0 Å². The van der Waals surface area contributed by atoms with Gasteiger partial charge in [0.25, 0.3) is 0 Å². The Hall–Kier alpha value is -1.43. The molecule has 6 heteroatoms. The van der Waals surface area contributed by atoms with E-state index >= 15 is 0 Å². The predicted octanol–water partition coefficient (Wildman–Crippen LogP) is -0.457. The van der Waals surface area contributed by atoms with Gasteiger partial charge in [-0.25, -0.2) is 4.58 Å². The second kappa shape index (κ2) is 5.60. The van der Waals surface area contributed by atoms with Gasteiger partial charge in [-0.2, -0.15) is 0 Å². The molecule has 0 aromatic heterocycles. The first-order valence-electron chi connectivity index (χ1n) is 5.16. The van der Waals surface area contributed by atoms with Crippen LogP contribution in [-0.4, -0.2) is 41.3 Å². The van der Waals surface area contributed by atoms with Crippen molar-refractivity contribution in [3.05, 3.63) is 11.8 Å². The van der Waals surface area contributed by atoms with Crippen LogP contribution in [-0.2, 0) is 4.79 Å². The largest absolute Gasteiger partial charge is 0.362 e. The number of hydrazine groups is 1. The molecule has 0 bridgehead atoms. The van der Waals surface area contributed by atoms with Crippen LogP contribution in [0.2, 0.25) is 0 Å². The molecule has 1 rings (SSSR count). The summed E-state index contributed by atoms with van der Waals surface area (Å²) in [5.74, 6) is -0.0285. The molecule has 0 aliphatic carbocycles. The van der Waals surface area contributed by atoms with Gasteiger partial charge in [0.1, 0.15) is 12.7 Å². The molecule has 0 radical (unpaired) electrons. The minimum Gasteiger partial charge on any atom is -0.362 e. The van der Waals surface area contributed by atoms with E-state index in [0.29, 0.717) is 5.11 Å². The monoisotopic (exact) mass is 241 g/mol. The molecule has 0 saturated heterocycles. The van der Waals surface area contributed by atoms with Gasteiger partial charge in [0.05, 0.1) is 0 Å². The summed E-state index contributed by atoms with van der Waals surface area (Å²) < 4.78 is 1.85. The Balaban J connectivity index is 2.54. The molecule has 0 saturated carbocycles. The van der Waals surface area contributed by atoms with E-state index in [-0.39, 0.29) is 11.8 Å². The quantitative estimate of drug-likeness (QED) is 0.355. The van der Waals surface area contributed by atoms with Crippen LogP contribution in [0.5, 0.6) is 0 Å². The Morgan fingerprint density at radius 3 is 2.94 bits per heavy atom. The van der Waals surface area contributed by atoms with E-state index in [9.17, 15) is 4.79 Å². The third-order valence-electron chi connectivity index (χ3n) is 2.35. The highest BCUT2D eigenvalue weighted by molar-refractivity contribution is 7.80. The lowest BCUT2D eigenvalue weighted by atomic mass is 10.1. The molecular weight excluding hydrogens is 224 g/mol. The number of ketones is 1. The summed E-state index contributed by atoms with van der Waals surface area (Å²) in [4.78, 5) is 11.3. The molecule has 16 heavy (non-hydrogen) atoms. The lowest BCUT2D eigenvalue weighted by Gasteiger charge is -2.18. The highest BCUT2D eigenvalue weighted by atomic mass is 32.1. The lowest BCUT2D eigenvalue weighted by molar-refractivity contribution is -0.520. The lowest BCUT2D eigenvalue weighted by Crippen LogP contribution is -2.47. The number of hydrogen-bond acceptors (Lipinski definition) is 3. The van der Waals surface area contributed by atoms with Crippen LogP contribution >= 0.6 is 12.2 Å². The zero-order valence-corrected chi connectivity index (χ0v) is 10.5. The van der Waals surface area contributed by atoms with Crippen LogP contribution in [0.15, 0.2) is 11.8 Å². The molecule has 3 N–H and O–H groups in total. The van der Waals surface area contributed by atoms with Crippen molar-refractivity contribution in [2.45, 2.75) is 19.9 Å². The van der Waals surface area contributed by atoms with Gasteiger partial charge in [0, 0.05) is 19.5 Å². The van der Waals surface area contributed by atoms with E-state index in [1.54, 1.807) is 12.3 Å². The van der Waals surface area contributed by atoms with Crippen molar-refractivity contribution < 1.29 is 9.37 Å². The highest BCUT2D eigenvalue weighted by Gasteiger charge is 2.23. The Morgan fingerprint density at radius 1 is 1.62 bits per heavy atom. The highest BCUT2D eigenvalue weighted by Crippen LogP contribution is 2.04. The number of hydrogen-bond donors (Lipinski definition) is 3. The van der Waals surface area contributed by atoms with E-state index in [1.807, 2.05) is 25.5 Å². The molecule has 88 valence electrons. The number of nitrogens with one attached hydrogen (secondary N) is 3. The summed E-state index contributed by atoms with van der Waals surface area (Å²) in [7, 11) is 1.86. The Bertz CT molecular complexity index is 362. The molecule has 1 aliphatic heterocycles. The van der Waals surface area contributed by atoms with Gasteiger partial charge in [-0.3, -0.25) is 15.6 Å². The van der Waals surface area contributed by atoms with Crippen molar-refractivity contribution in [1.29, 1.82) is 0 Å². The number of thiocarbonyl (C=S) groups is 1. The van der Waals surface area contributed by atoms with Crippen LogP contribution < -0.4 is 16.2 Å². The number of likely N-dealkylation sites (N-methyl/N-ethyl adjacent to an activating group) is 1. The van der Waals surface area contributed by atoms with E-state index < -0.39 is 0 Å². The minimum absolute atomic E-state index is 0.0285. The van der Waals surface area contributed by atoms with Crippen LogP contribution in [0.3, 0.4) is 0 Å². The van der Waals surface area contributed by atoms with Crippen molar-refractivity contribution in [2.24, 2.45) is 0 Å². The fourth-order valence-electron chi connectivity index (χ4n) is 1.32. The predicted molar refractivity (Wildman–Crippen MR) is 67.3 cm³/mol. The Morgan fingerprint density at radius 2 is 2.31 bits per heavy atom. The number of carbonyl (C=O) groups is 1. The van der Waals surface area contributed by atoms with Crippen molar-refractivity contribution in [1.82, 2.24) is 16.2 Å². The molecule has 0 aromatic carbocycles. The minimum atomic E-state index is -0.0285. The Labute approximate surface area is 101 Å². The van der Waals surface area contributed by atoms with Gasteiger partial charge in [0.2, 0.25) is 12.0 Å². The van der Waals surface area contributed by atoms with Crippen molar-refractivity contribution >= 4 is 29.3 Å². The molecule has 1 heterocycles. The van der Waals surface area contributed by atoms with E-state index in [1.165, 1.54) is 0 Å². The summed E-state index contributed by atoms with van der Waals surface area (Å²) in [5, 5.41) is 3.46. The van der Waals surface area contributed by atoms with Gasteiger partial charge < -0.3 is 5.32 Å². The molecule has 1 unspecified atom stereocenters. The van der Waals surface area contributed by atoms with Crippen molar-refractivity contribution in [2.75, 3.05) is 13.6 Å². The molecular formula is C10H17N4OS+. The topological polar surface area (TPSA) is 56.2 Å². The van der Waals surface area contributed by atoms with Crippen LogP contribution in [0.25, 0.3) is 0 Å². The normalized spacial score (nSPS) is 19.7. The van der Waals surface area contributed by atoms with Crippen molar-refractivity contribution in [3.63, 3.8) is 0 Å². The van der Waals surface area contributed by atoms with Gasteiger partial charge in [0.15, 0.2) is 11.2 Å². The summed E-state index contributed by atoms with van der Waals surface area (Å²) in [6.07, 6.45) is 3.13. The third-order valence-corrected chi connectivity index (χ3v) is 2.59. The fraction of sp³-hybridized carbons (Fsp3) is 0.500. The fourth-order valence-corrected chi connectivity index (χ4v) is 1.51. The summed E-state index contributed by atoms with van der Waals surface area (Å²) >= 11 is 5.00. The third kappa shape index (κ3) is 3.30. The molecule has 0 fully saturated rings. The number of nitrogens with zero attached hydrogens (tertiary/aromatic N) is 1. The van der Waals surface area contributed by atoms with Gasteiger partial charge in [-0.15, -0.1) is 0 Å². The molecule has 1 aliphatic rings. The first-order chi connectivity index (χ1) is 7.54. The molecule has 0 spiro atoms. The second-order valence-electron chi connectivity index (χ2n) is 3.58. The van der Waals surface area contributed by atoms with E-state index in [0.717, 1.165) is 12.2 Å². The Kier molecular flexibility index (Phi) is 4.42. The van der Waals surface area contributed by atoms with Gasteiger partial charge in [-0.1, -0.05) is 0 Å². The first kappa shape index (κ1) is 12.6. The maximum Gasteiger partial charge on any atom is 0.243 e. The standard InChI is InChI=1S/C10H16N4OS/c1-4-11-10(16)13-12-9-5-8(15)6-14(3)7(9)2/h5-7H,4H2,1-3H3,(H2,11,15,16)/p+1. The number of carbonyl (C=O) groups excluding carboxylic acids is 1. The maximum atomic E-state index is 11.3. The second-order valence-corrected chi connectivity index (χ2v) is 3.99. The van der Waals surface area contributed by atoms with Crippen LogP contribution in [0.4, 0.5) is 0 Å². The molecule has 0 amide bonds. The average Bonchev–Trinajstić information content (AvgIpc) is 2.21. The smallest absolute Gasteiger partial charge is 0.243 e. The summed E-state index contributed by atoms with van der Waals surface area (Å²) in [6.45, 7) is 4.72. The van der Waals surface area contributed by atoms with Crippen LogP contribution in [0.1, 0.15) is 13.8 Å².